The first-order valence-electron chi connectivity index (χ1n) is 10.1. The van der Waals surface area contributed by atoms with E-state index in [4.69, 9.17) is 4.74 Å². The van der Waals surface area contributed by atoms with Gasteiger partial charge in [0, 0.05) is 45.1 Å². The van der Waals surface area contributed by atoms with Crippen molar-refractivity contribution < 1.29 is 17.9 Å². The predicted octanol–water partition coefficient (Wildman–Crippen LogP) is 2.71. The van der Waals surface area contributed by atoms with Crippen LogP contribution in [0, 0.1) is 11.3 Å². The highest BCUT2D eigenvalue weighted by Gasteiger charge is 2.52. The van der Waals surface area contributed by atoms with Crippen molar-refractivity contribution in [3.63, 3.8) is 0 Å². The summed E-state index contributed by atoms with van der Waals surface area (Å²) in [5, 5.41) is 0. The summed E-state index contributed by atoms with van der Waals surface area (Å²) in [4.78, 5) is 14.0. The minimum Gasteiger partial charge on any atom is -0.381 e. The van der Waals surface area contributed by atoms with Crippen molar-refractivity contribution in [3.05, 3.63) is 29.8 Å². The molecule has 2 atom stereocenters. The number of sulfonamides is 1. The summed E-state index contributed by atoms with van der Waals surface area (Å²) in [6.07, 6.45) is 0.773. The molecule has 0 saturated carbocycles. The number of likely N-dealkylation sites (tertiary alicyclic amines) is 1. The fourth-order valence-electron chi connectivity index (χ4n) is 4.42. The van der Waals surface area contributed by atoms with E-state index in [-0.39, 0.29) is 17.2 Å². The second-order valence-corrected chi connectivity index (χ2v) is 10.4. The summed E-state index contributed by atoms with van der Waals surface area (Å²) in [7, 11) is -3.57. The van der Waals surface area contributed by atoms with E-state index >= 15 is 0 Å². The summed E-state index contributed by atoms with van der Waals surface area (Å²) in [6.45, 7) is 11.0. The minimum absolute atomic E-state index is 0.0515. The number of carbonyl (C=O) groups is 1. The zero-order valence-electron chi connectivity index (χ0n) is 17.3. The summed E-state index contributed by atoms with van der Waals surface area (Å²) in [5.41, 5.74) is 0.909. The highest BCUT2D eigenvalue weighted by atomic mass is 32.2. The number of benzene rings is 1. The monoisotopic (exact) mass is 408 g/mol. The number of ether oxygens (including phenoxy) is 1. The van der Waals surface area contributed by atoms with Gasteiger partial charge >= 0.3 is 0 Å². The normalized spacial score (nSPS) is 25.9. The zero-order chi connectivity index (χ0) is 20.5. The van der Waals surface area contributed by atoms with Gasteiger partial charge in [0.25, 0.3) is 0 Å². The van der Waals surface area contributed by atoms with Crippen LogP contribution in [0.25, 0.3) is 0 Å². The SMILES string of the molecule is CCOCC12CCN(C(C)=O)CC1CN(S(=O)(=O)c1ccc(C(C)C)cc1)C2. The number of hydrogen-bond donors (Lipinski definition) is 0. The number of carbonyl (C=O) groups excluding carboxylic acids is 1. The second-order valence-electron chi connectivity index (χ2n) is 8.43. The molecule has 7 heteroatoms. The molecule has 0 bridgehead atoms. The molecule has 0 N–H and O–H groups in total. The average molecular weight is 409 g/mol. The zero-order valence-corrected chi connectivity index (χ0v) is 18.2. The van der Waals surface area contributed by atoms with Crippen LogP contribution < -0.4 is 0 Å². The van der Waals surface area contributed by atoms with E-state index in [1.165, 1.54) is 0 Å². The van der Waals surface area contributed by atoms with Crippen molar-refractivity contribution >= 4 is 15.9 Å². The third kappa shape index (κ3) is 3.98. The van der Waals surface area contributed by atoms with E-state index in [0.29, 0.717) is 50.2 Å². The third-order valence-corrected chi connectivity index (χ3v) is 8.15. The lowest BCUT2D eigenvalue weighted by molar-refractivity contribution is -0.133. The molecule has 2 aliphatic heterocycles. The quantitative estimate of drug-likeness (QED) is 0.726. The lowest BCUT2D eigenvalue weighted by atomic mass is 9.73. The van der Waals surface area contributed by atoms with Crippen LogP contribution in [0.2, 0.25) is 0 Å². The van der Waals surface area contributed by atoms with Crippen molar-refractivity contribution in [1.29, 1.82) is 0 Å². The van der Waals surface area contributed by atoms with Crippen molar-refractivity contribution in [3.8, 4) is 0 Å². The van der Waals surface area contributed by atoms with Crippen molar-refractivity contribution in [2.45, 2.75) is 44.9 Å². The molecule has 2 unspecified atom stereocenters. The fourth-order valence-corrected chi connectivity index (χ4v) is 6.00. The maximum Gasteiger partial charge on any atom is 0.243 e. The summed E-state index contributed by atoms with van der Waals surface area (Å²) >= 11 is 0. The van der Waals surface area contributed by atoms with Gasteiger partial charge in [0.05, 0.1) is 11.5 Å². The molecule has 0 radical (unpaired) electrons. The van der Waals surface area contributed by atoms with Crippen LogP contribution in [-0.2, 0) is 19.6 Å². The van der Waals surface area contributed by atoms with Crippen molar-refractivity contribution in [2.75, 3.05) is 39.4 Å². The molecule has 0 aromatic heterocycles. The molecule has 1 aromatic rings. The molecule has 6 nitrogen and oxygen atoms in total. The Balaban J connectivity index is 1.85. The maximum atomic E-state index is 13.3. The topological polar surface area (TPSA) is 66.9 Å². The van der Waals surface area contributed by atoms with Gasteiger partial charge < -0.3 is 9.64 Å². The first-order valence-corrected chi connectivity index (χ1v) is 11.6. The molecular formula is C21H32N2O4S. The van der Waals surface area contributed by atoms with Gasteiger partial charge in [0.1, 0.15) is 0 Å². The van der Waals surface area contributed by atoms with E-state index in [9.17, 15) is 13.2 Å². The van der Waals surface area contributed by atoms with Gasteiger partial charge in [-0.2, -0.15) is 4.31 Å². The lowest BCUT2D eigenvalue weighted by Crippen LogP contribution is -2.50. The highest BCUT2D eigenvalue weighted by Crippen LogP contribution is 2.45. The van der Waals surface area contributed by atoms with Gasteiger partial charge in [-0.15, -0.1) is 0 Å². The molecule has 1 aromatic carbocycles. The van der Waals surface area contributed by atoms with Gasteiger partial charge in [-0.1, -0.05) is 26.0 Å². The molecule has 156 valence electrons. The van der Waals surface area contributed by atoms with Gasteiger partial charge in [0.2, 0.25) is 15.9 Å². The average Bonchev–Trinajstić information content (AvgIpc) is 3.06. The van der Waals surface area contributed by atoms with E-state index in [0.717, 1.165) is 12.0 Å². The molecule has 28 heavy (non-hydrogen) atoms. The van der Waals surface area contributed by atoms with Crippen LogP contribution in [0.3, 0.4) is 0 Å². The summed E-state index contributed by atoms with van der Waals surface area (Å²) in [5.74, 6) is 0.510. The Kier molecular flexibility index (Phi) is 6.17. The Hall–Kier alpha value is -1.44. The summed E-state index contributed by atoms with van der Waals surface area (Å²) < 4.78 is 33.9. The van der Waals surface area contributed by atoms with E-state index in [1.54, 1.807) is 23.4 Å². The number of fused-ring (bicyclic) bond motifs is 1. The van der Waals surface area contributed by atoms with Gasteiger partial charge in [-0.05, 0) is 42.9 Å². The Bertz CT molecular complexity index is 806. The standard InChI is InChI=1S/C21H32N2O4S/c1-5-27-15-21-10-11-22(17(4)24)12-19(21)13-23(14-21)28(25,26)20-8-6-18(7-9-20)16(2)3/h6-9,16,19H,5,10-15H2,1-4H3. The van der Waals surface area contributed by atoms with Crippen LogP contribution >= 0.6 is 0 Å². The molecule has 1 amide bonds. The van der Waals surface area contributed by atoms with Gasteiger partial charge in [-0.3, -0.25) is 4.79 Å². The van der Waals surface area contributed by atoms with E-state index in [1.807, 2.05) is 24.0 Å². The minimum atomic E-state index is -3.57. The molecular weight excluding hydrogens is 376 g/mol. The second kappa shape index (κ2) is 8.13. The lowest BCUT2D eigenvalue weighted by Gasteiger charge is -2.43. The molecule has 2 heterocycles. The first-order chi connectivity index (χ1) is 13.2. The largest absolute Gasteiger partial charge is 0.381 e. The Morgan fingerprint density at radius 3 is 2.50 bits per heavy atom. The van der Waals surface area contributed by atoms with Crippen LogP contribution in [0.4, 0.5) is 0 Å². The molecule has 0 aliphatic carbocycles. The molecule has 2 fully saturated rings. The highest BCUT2D eigenvalue weighted by molar-refractivity contribution is 7.89. The first kappa shape index (κ1) is 21.3. The van der Waals surface area contributed by atoms with Crippen LogP contribution in [0.1, 0.15) is 45.6 Å². The number of nitrogens with zero attached hydrogens (tertiary/aromatic N) is 2. The van der Waals surface area contributed by atoms with E-state index in [2.05, 4.69) is 13.8 Å². The third-order valence-electron chi connectivity index (χ3n) is 6.33. The smallest absolute Gasteiger partial charge is 0.243 e. The van der Waals surface area contributed by atoms with Crippen LogP contribution in [0.15, 0.2) is 29.2 Å². The molecule has 2 saturated heterocycles. The number of amides is 1. The Morgan fingerprint density at radius 2 is 1.93 bits per heavy atom. The molecule has 3 rings (SSSR count). The Labute approximate surface area is 168 Å². The van der Waals surface area contributed by atoms with Crippen molar-refractivity contribution in [1.82, 2.24) is 9.21 Å². The number of rotatable bonds is 6. The summed E-state index contributed by atoms with van der Waals surface area (Å²) in [6, 6.07) is 7.22. The maximum absolute atomic E-state index is 13.3. The fraction of sp³-hybridized carbons (Fsp3) is 0.667. The van der Waals surface area contributed by atoms with Crippen LogP contribution in [-0.4, -0.2) is 62.9 Å². The Morgan fingerprint density at radius 1 is 1.25 bits per heavy atom. The number of piperidine rings is 1. The number of hydrogen-bond acceptors (Lipinski definition) is 4. The predicted molar refractivity (Wildman–Crippen MR) is 109 cm³/mol. The van der Waals surface area contributed by atoms with E-state index < -0.39 is 10.0 Å². The van der Waals surface area contributed by atoms with Gasteiger partial charge in [-0.25, -0.2) is 8.42 Å². The molecule has 2 aliphatic rings. The van der Waals surface area contributed by atoms with Gasteiger partial charge in [0.15, 0.2) is 0 Å². The molecule has 0 spiro atoms. The van der Waals surface area contributed by atoms with Crippen molar-refractivity contribution in [2.24, 2.45) is 11.3 Å². The van der Waals surface area contributed by atoms with Crippen LogP contribution in [0.5, 0.6) is 0 Å².